The van der Waals surface area contributed by atoms with Crippen LogP contribution >= 0.6 is 11.3 Å². The molecule has 0 unspecified atom stereocenters. The van der Waals surface area contributed by atoms with Gasteiger partial charge in [-0.2, -0.15) is 0 Å². The maximum atomic E-state index is 4.31. The summed E-state index contributed by atoms with van der Waals surface area (Å²) >= 11 is 1.70. The summed E-state index contributed by atoms with van der Waals surface area (Å²) in [7, 11) is 0. The Labute approximate surface area is 93.0 Å². The fraction of sp³-hybridized carbons (Fsp3) is 0.400. The van der Waals surface area contributed by atoms with Crippen molar-refractivity contribution in [2.45, 2.75) is 19.9 Å². The summed E-state index contributed by atoms with van der Waals surface area (Å²) in [5.74, 6) is 0. The van der Waals surface area contributed by atoms with Crippen LogP contribution in [0.25, 0.3) is 0 Å². The highest BCUT2D eigenvalue weighted by Crippen LogP contribution is 2.18. The topological polar surface area (TPSA) is 42.7 Å². The van der Waals surface area contributed by atoms with Crippen LogP contribution in [-0.4, -0.2) is 21.1 Å². The third-order valence-electron chi connectivity index (χ3n) is 1.98. The summed E-state index contributed by atoms with van der Waals surface area (Å²) in [5.41, 5.74) is 0. The monoisotopic (exact) mass is 222 g/mol. The van der Waals surface area contributed by atoms with Crippen molar-refractivity contribution >= 4 is 16.5 Å². The molecule has 0 aromatic carbocycles. The van der Waals surface area contributed by atoms with E-state index in [1.807, 2.05) is 23.3 Å². The summed E-state index contributed by atoms with van der Waals surface area (Å²) < 4.78 is 2.04. The number of imidazole rings is 1. The highest BCUT2D eigenvalue weighted by molar-refractivity contribution is 7.15. The molecular formula is C10H14N4S. The lowest BCUT2D eigenvalue weighted by Crippen LogP contribution is -1.97. The second kappa shape index (κ2) is 4.93. The molecule has 5 heteroatoms. The standard InChI is InChI=1S/C10H14N4S/c1-2-3-12-10-13-6-9(15-10)7-14-5-4-11-8-14/h4-6,8H,2-3,7H2,1H3,(H,12,13). The summed E-state index contributed by atoms with van der Waals surface area (Å²) in [6, 6.07) is 0. The number of thiazole rings is 1. The average Bonchev–Trinajstić information content (AvgIpc) is 2.87. The summed E-state index contributed by atoms with van der Waals surface area (Å²) in [6.45, 7) is 3.98. The van der Waals surface area contributed by atoms with Gasteiger partial charge in [-0.25, -0.2) is 9.97 Å². The van der Waals surface area contributed by atoms with Crippen LogP contribution in [-0.2, 0) is 6.54 Å². The van der Waals surface area contributed by atoms with E-state index >= 15 is 0 Å². The van der Waals surface area contributed by atoms with Crippen LogP contribution in [0.3, 0.4) is 0 Å². The van der Waals surface area contributed by atoms with Crippen LogP contribution in [0.5, 0.6) is 0 Å². The van der Waals surface area contributed by atoms with Crippen molar-refractivity contribution < 1.29 is 0 Å². The zero-order valence-electron chi connectivity index (χ0n) is 8.68. The number of nitrogens with zero attached hydrogens (tertiary/aromatic N) is 3. The van der Waals surface area contributed by atoms with Gasteiger partial charge in [-0.05, 0) is 6.42 Å². The lowest BCUT2D eigenvalue weighted by atomic mass is 10.5. The van der Waals surface area contributed by atoms with Crippen molar-refractivity contribution in [2.75, 3.05) is 11.9 Å². The minimum atomic E-state index is 0.853. The molecule has 0 aliphatic heterocycles. The van der Waals surface area contributed by atoms with E-state index in [4.69, 9.17) is 0 Å². The van der Waals surface area contributed by atoms with Crippen LogP contribution in [0.4, 0.5) is 5.13 Å². The van der Waals surface area contributed by atoms with Gasteiger partial charge in [0.1, 0.15) is 0 Å². The van der Waals surface area contributed by atoms with Gasteiger partial charge in [0, 0.05) is 30.0 Å². The molecule has 0 radical (unpaired) electrons. The maximum Gasteiger partial charge on any atom is 0.182 e. The van der Waals surface area contributed by atoms with E-state index in [9.17, 15) is 0 Å². The summed E-state index contributed by atoms with van der Waals surface area (Å²) in [5, 5.41) is 4.28. The maximum absolute atomic E-state index is 4.31. The first-order valence-electron chi connectivity index (χ1n) is 5.03. The molecule has 15 heavy (non-hydrogen) atoms. The SMILES string of the molecule is CCCNc1ncc(Cn2ccnc2)s1. The number of hydrogen-bond acceptors (Lipinski definition) is 4. The molecule has 0 atom stereocenters. The first kappa shape index (κ1) is 10.2. The third kappa shape index (κ3) is 2.79. The number of aromatic nitrogens is 3. The van der Waals surface area contributed by atoms with Crippen LogP contribution in [0.2, 0.25) is 0 Å². The van der Waals surface area contributed by atoms with Crippen molar-refractivity contribution in [3.05, 3.63) is 29.8 Å². The van der Waals surface area contributed by atoms with Crippen molar-refractivity contribution in [2.24, 2.45) is 0 Å². The average molecular weight is 222 g/mol. The molecule has 0 fully saturated rings. The quantitative estimate of drug-likeness (QED) is 0.843. The molecule has 2 aromatic rings. The van der Waals surface area contributed by atoms with Gasteiger partial charge >= 0.3 is 0 Å². The summed E-state index contributed by atoms with van der Waals surface area (Å²) in [6.07, 6.45) is 8.61. The first-order valence-corrected chi connectivity index (χ1v) is 5.84. The molecule has 0 saturated carbocycles. The van der Waals surface area contributed by atoms with Gasteiger partial charge in [-0.3, -0.25) is 0 Å². The first-order chi connectivity index (χ1) is 7.38. The second-order valence-corrected chi connectivity index (χ2v) is 4.41. The molecule has 2 heterocycles. The molecule has 0 aliphatic rings. The zero-order valence-corrected chi connectivity index (χ0v) is 9.50. The van der Waals surface area contributed by atoms with Crippen LogP contribution in [0.15, 0.2) is 24.9 Å². The van der Waals surface area contributed by atoms with Crippen molar-refractivity contribution in [3.63, 3.8) is 0 Å². The molecular weight excluding hydrogens is 208 g/mol. The van der Waals surface area contributed by atoms with E-state index in [-0.39, 0.29) is 0 Å². The van der Waals surface area contributed by atoms with Gasteiger partial charge in [0.2, 0.25) is 0 Å². The van der Waals surface area contributed by atoms with Crippen LogP contribution < -0.4 is 5.32 Å². The van der Waals surface area contributed by atoms with Gasteiger partial charge in [-0.1, -0.05) is 6.92 Å². The third-order valence-corrected chi connectivity index (χ3v) is 2.92. The van der Waals surface area contributed by atoms with E-state index in [0.717, 1.165) is 24.6 Å². The Balaban J connectivity index is 1.95. The molecule has 0 spiro atoms. The number of nitrogens with one attached hydrogen (secondary N) is 1. The number of hydrogen-bond donors (Lipinski definition) is 1. The molecule has 2 rings (SSSR count). The van der Waals surface area contributed by atoms with Gasteiger partial charge in [-0.15, -0.1) is 11.3 Å². The predicted octanol–water partition coefficient (Wildman–Crippen LogP) is 2.21. The molecule has 0 saturated heterocycles. The molecule has 0 amide bonds. The number of anilines is 1. The highest BCUT2D eigenvalue weighted by atomic mass is 32.1. The minimum Gasteiger partial charge on any atom is -0.362 e. The Kier molecular flexibility index (Phi) is 3.34. The highest BCUT2D eigenvalue weighted by Gasteiger charge is 2.01. The van der Waals surface area contributed by atoms with Gasteiger partial charge in [0.15, 0.2) is 5.13 Å². The van der Waals surface area contributed by atoms with Crippen LogP contribution in [0, 0.1) is 0 Å². The Morgan fingerprint density at radius 2 is 2.47 bits per heavy atom. The lowest BCUT2D eigenvalue weighted by molar-refractivity contribution is 0.808. The van der Waals surface area contributed by atoms with Crippen molar-refractivity contribution in [1.29, 1.82) is 0 Å². The largest absolute Gasteiger partial charge is 0.362 e. The van der Waals surface area contributed by atoms with Gasteiger partial charge in [0.05, 0.1) is 12.9 Å². The van der Waals surface area contributed by atoms with Crippen molar-refractivity contribution in [1.82, 2.24) is 14.5 Å². The van der Waals surface area contributed by atoms with E-state index in [2.05, 4.69) is 22.2 Å². The molecule has 80 valence electrons. The lowest BCUT2D eigenvalue weighted by Gasteiger charge is -1.98. The Morgan fingerprint density at radius 3 is 3.20 bits per heavy atom. The minimum absolute atomic E-state index is 0.853. The van der Waals surface area contributed by atoms with E-state index < -0.39 is 0 Å². The molecule has 4 nitrogen and oxygen atoms in total. The summed E-state index contributed by atoms with van der Waals surface area (Å²) in [4.78, 5) is 9.56. The van der Waals surface area contributed by atoms with E-state index in [1.54, 1.807) is 17.5 Å². The van der Waals surface area contributed by atoms with Gasteiger partial charge in [0.25, 0.3) is 0 Å². The smallest absolute Gasteiger partial charge is 0.182 e. The zero-order chi connectivity index (χ0) is 10.5. The Morgan fingerprint density at radius 1 is 1.53 bits per heavy atom. The molecule has 1 N–H and O–H groups in total. The Hall–Kier alpha value is -1.36. The fourth-order valence-corrected chi connectivity index (χ4v) is 2.10. The number of rotatable bonds is 5. The predicted molar refractivity (Wildman–Crippen MR) is 62.2 cm³/mol. The van der Waals surface area contributed by atoms with E-state index in [0.29, 0.717) is 0 Å². The molecule has 2 aromatic heterocycles. The molecule has 0 bridgehead atoms. The fourth-order valence-electron chi connectivity index (χ4n) is 1.25. The van der Waals surface area contributed by atoms with Crippen LogP contribution in [0.1, 0.15) is 18.2 Å². The van der Waals surface area contributed by atoms with E-state index in [1.165, 1.54) is 4.88 Å². The van der Waals surface area contributed by atoms with Gasteiger partial charge < -0.3 is 9.88 Å². The molecule has 0 aliphatic carbocycles. The second-order valence-electron chi connectivity index (χ2n) is 3.29. The normalized spacial score (nSPS) is 10.5. The van der Waals surface area contributed by atoms with Crippen molar-refractivity contribution in [3.8, 4) is 0 Å². The Bertz CT molecular complexity index is 393.